The van der Waals surface area contributed by atoms with Gasteiger partial charge in [0.25, 0.3) is 5.91 Å². The molecule has 1 amide bonds. The molecule has 0 saturated carbocycles. The number of thiocarbonyl (C=S) groups is 1. The molecule has 4 nitrogen and oxygen atoms in total. The number of carbonyl (C=O) groups excluding carboxylic acids is 1. The lowest BCUT2D eigenvalue weighted by molar-refractivity contribution is -0.116. The monoisotopic (exact) mass is 311 g/mol. The smallest absolute Gasteiger partial charge is 0.262 e. The fraction of sp³-hybridized carbons (Fsp3) is 0.0588. The number of hydrogen-bond donors (Lipinski definition) is 3. The van der Waals surface area contributed by atoms with E-state index in [0.29, 0.717) is 5.11 Å². The van der Waals surface area contributed by atoms with Crippen LogP contribution in [0.25, 0.3) is 6.08 Å². The maximum atomic E-state index is 11.7. The van der Waals surface area contributed by atoms with Gasteiger partial charge < -0.3 is 5.32 Å². The third-order valence-electron chi connectivity index (χ3n) is 2.93. The van der Waals surface area contributed by atoms with E-state index in [-0.39, 0.29) is 5.91 Å². The normalized spacial score (nSPS) is 10.2. The van der Waals surface area contributed by atoms with Gasteiger partial charge >= 0.3 is 0 Å². The van der Waals surface area contributed by atoms with Crippen LogP contribution in [0.5, 0.6) is 0 Å². The van der Waals surface area contributed by atoms with E-state index in [9.17, 15) is 4.79 Å². The van der Waals surface area contributed by atoms with Crippen LogP contribution in [0, 0.1) is 6.92 Å². The van der Waals surface area contributed by atoms with Crippen LogP contribution < -0.4 is 16.2 Å². The summed E-state index contributed by atoms with van der Waals surface area (Å²) >= 11 is 5.09. The zero-order valence-electron chi connectivity index (χ0n) is 12.2. The van der Waals surface area contributed by atoms with E-state index in [1.807, 2.05) is 61.5 Å². The van der Waals surface area contributed by atoms with Crippen LogP contribution in [0.2, 0.25) is 0 Å². The Kier molecular flexibility index (Phi) is 5.68. The molecule has 112 valence electrons. The van der Waals surface area contributed by atoms with Gasteiger partial charge in [0.1, 0.15) is 0 Å². The first-order valence-corrected chi connectivity index (χ1v) is 7.22. The number of anilines is 1. The Morgan fingerprint density at radius 1 is 1.00 bits per heavy atom. The number of hydrazine groups is 1. The molecule has 2 rings (SSSR count). The molecule has 5 heteroatoms. The Bertz CT molecular complexity index is 683. The number of para-hydroxylation sites is 1. The predicted molar refractivity (Wildman–Crippen MR) is 94.2 cm³/mol. The molecule has 0 bridgehead atoms. The van der Waals surface area contributed by atoms with Crippen molar-refractivity contribution in [3.8, 4) is 0 Å². The van der Waals surface area contributed by atoms with E-state index in [4.69, 9.17) is 12.2 Å². The highest BCUT2D eigenvalue weighted by atomic mass is 32.1. The lowest BCUT2D eigenvalue weighted by Crippen LogP contribution is -2.43. The lowest BCUT2D eigenvalue weighted by atomic mass is 10.1. The highest BCUT2D eigenvalue weighted by molar-refractivity contribution is 7.80. The summed E-state index contributed by atoms with van der Waals surface area (Å²) in [5.41, 5.74) is 8.13. The molecular formula is C17H17N3OS. The van der Waals surface area contributed by atoms with E-state index in [1.54, 1.807) is 6.08 Å². The summed E-state index contributed by atoms with van der Waals surface area (Å²) < 4.78 is 0. The number of aryl methyl sites for hydroxylation is 1. The minimum Gasteiger partial charge on any atom is -0.331 e. The summed E-state index contributed by atoms with van der Waals surface area (Å²) in [6, 6.07) is 17.3. The molecular weight excluding hydrogens is 294 g/mol. The molecule has 0 aromatic heterocycles. The third-order valence-corrected chi connectivity index (χ3v) is 3.14. The summed E-state index contributed by atoms with van der Waals surface area (Å²) in [7, 11) is 0. The van der Waals surface area contributed by atoms with Crippen LogP contribution in [0.1, 0.15) is 11.1 Å². The summed E-state index contributed by atoms with van der Waals surface area (Å²) in [5.74, 6) is -0.277. The van der Waals surface area contributed by atoms with Gasteiger partial charge in [-0.25, -0.2) is 0 Å². The van der Waals surface area contributed by atoms with Crippen molar-refractivity contribution >= 4 is 35.0 Å². The van der Waals surface area contributed by atoms with E-state index in [1.165, 1.54) is 6.08 Å². The largest absolute Gasteiger partial charge is 0.331 e. The van der Waals surface area contributed by atoms with Gasteiger partial charge in [0.2, 0.25) is 0 Å². The molecule has 2 aromatic rings. The molecule has 0 unspecified atom stereocenters. The quantitative estimate of drug-likeness (QED) is 0.463. The first-order chi connectivity index (χ1) is 10.6. The molecule has 0 atom stereocenters. The van der Waals surface area contributed by atoms with Crippen LogP contribution in [0.3, 0.4) is 0 Å². The number of nitrogens with one attached hydrogen (secondary N) is 3. The first-order valence-electron chi connectivity index (χ1n) is 6.81. The Morgan fingerprint density at radius 2 is 1.68 bits per heavy atom. The zero-order valence-corrected chi connectivity index (χ0v) is 13.0. The molecule has 0 spiro atoms. The van der Waals surface area contributed by atoms with Gasteiger partial charge in [0, 0.05) is 11.8 Å². The number of rotatable bonds is 3. The summed E-state index contributed by atoms with van der Waals surface area (Å²) in [6.45, 7) is 1.99. The summed E-state index contributed by atoms with van der Waals surface area (Å²) in [5, 5.41) is 3.28. The van der Waals surface area contributed by atoms with Gasteiger partial charge in [-0.3, -0.25) is 15.6 Å². The fourth-order valence-electron chi connectivity index (χ4n) is 1.78. The van der Waals surface area contributed by atoms with E-state index in [0.717, 1.165) is 16.8 Å². The third kappa shape index (κ3) is 5.03. The molecule has 0 saturated heterocycles. The summed E-state index contributed by atoms with van der Waals surface area (Å²) in [6.07, 6.45) is 3.22. The molecule has 3 N–H and O–H groups in total. The fourth-order valence-corrected chi connectivity index (χ4v) is 1.95. The number of hydrogen-bond acceptors (Lipinski definition) is 2. The second-order valence-corrected chi connectivity index (χ2v) is 5.03. The maximum absolute atomic E-state index is 11.7. The van der Waals surface area contributed by atoms with Gasteiger partial charge in [-0.1, -0.05) is 42.5 Å². The van der Waals surface area contributed by atoms with Crippen molar-refractivity contribution in [2.45, 2.75) is 6.92 Å². The van der Waals surface area contributed by atoms with Gasteiger partial charge in [-0.15, -0.1) is 0 Å². The van der Waals surface area contributed by atoms with Crippen molar-refractivity contribution in [2.75, 3.05) is 5.32 Å². The van der Waals surface area contributed by atoms with Crippen molar-refractivity contribution < 1.29 is 4.79 Å². The standard InChI is InChI=1S/C17H17N3OS/c1-13-7-5-6-8-14(13)11-12-16(21)19-20-17(22)18-15-9-3-2-4-10-15/h2-12H,1H3,(H,19,21)(H2,18,20,22)/b12-11+. The van der Waals surface area contributed by atoms with Crippen molar-refractivity contribution in [3.05, 3.63) is 71.8 Å². The average Bonchev–Trinajstić information content (AvgIpc) is 2.53. The van der Waals surface area contributed by atoms with Crippen LogP contribution in [-0.2, 0) is 4.79 Å². The Hall–Kier alpha value is -2.66. The molecule has 22 heavy (non-hydrogen) atoms. The number of carbonyl (C=O) groups is 1. The van der Waals surface area contributed by atoms with Crippen LogP contribution >= 0.6 is 12.2 Å². The van der Waals surface area contributed by atoms with Crippen molar-refractivity contribution in [3.63, 3.8) is 0 Å². The highest BCUT2D eigenvalue weighted by Gasteiger charge is 1.99. The molecule has 0 fully saturated rings. The zero-order chi connectivity index (χ0) is 15.8. The minimum absolute atomic E-state index is 0.277. The Labute approximate surface area is 135 Å². The molecule has 0 aliphatic heterocycles. The van der Waals surface area contributed by atoms with Crippen molar-refractivity contribution in [2.24, 2.45) is 0 Å². The SMILES string of the molecule is Cc1ccccc1/C=C/C(=O)NNC(=S)Nc1ccccc1. The van der Waals surface area contributed by atoms with Crippen LogP contribution in [0.4, 0.5) is 5.69 Å². The molecule has 0 aliphatic carbocycles. The van der Waals surface area contributed by atoms with Gasteiger partial charge in [-0.2, -0.15) is 0 Å². The van der Waals surface area contributed by atoms with Gasteiger partial charge in [0.05, 0.1) is 0 Å². The van der Waals surface area contributed by atoms with Crippen LogP contribution in [0.15, 0.2) is 60.7 Å². The average molecular weight is 311 g/mol. The van der Waals surface area contributed by atoms with E-state index < -0.39 is 0 Å². The molecule has 0 aliphatic rings. The Morgan fingerprint density at radius 3 is 2.41 bits per heavy atom. The minimum atomic E-state index is -0.277. The van der Waals surface area contributed by atoms with E-state index in [2.05, 4.69) is 16.2 Å². The van der Waals surface area contributed by atoms with Gasteiger partial charge in [0.15, 0.2) is 5.11 Å². The number of benzene rings is 2. The molecule has 0 radical (unpaired) electrons. The van der Waals surface area contributed by atoms with Crippen molar-refractivity contribution in [1.29, 1.82) is 0 Å². The lowest BCUT2D eigenvalue weighted by Gasteiger charge is -2.10. The highest BCUT2D eigenvalue weighted by Crippen LogP contribution is 2.08. The summed E-state index contributed by atoms with van der Waals surface area (Å²) in [4.78, 5) is 11.7. The predicted octanol–water partition coefficient (Wildman–Crippen LogP) is 3.03. The number of amides is 1. The van der Waals surface area contributed by atoms with Crippen molar-refractivity contribution in [1.82, 2.24) is 10.9 Å². The van der Waals surface area contributed by atoms with Crippen LogP contribution in [-0.4, -0.2) is 11.0 Å². The maximum Gasteiger partial charge on any atom is 0.262 e. The Balaban J connectivity index is 1.80. The topological polar surface area (TPSA) is 53.2 Å². The molecule has 2 aromatic carbocycles. The first kappa shape index (κ1) is 15.7. The second kappa shape index (κ2) is 7.95. The van der Waals surface area contributed by atoms with E-state index >= 15 is 0 Å². The second-order valence-electron chi connectivity index (χ2n) is 4.62. The molecule has 0 heterocycles. The van der Waals surface area contributed by atoms with Gasteiger partial charge in [-0.05, 0) is 48.5 Å².